The summed E-state index contributed by atoms with van der Waals surface area (Å²) in [4.78, 5) is 22.7. The number of hydrogen-bond donors (Lipinski definition) is 2. The number of amides is 2. The van der Waals surface area contributed by atoms with Gasteiger partial charge in [0, 0.05) is 42.6 Å². The van der Waals surface area contributed by atoms with E-state index in [0.29, 0.717) is 97.4 Å². The van der Waals surface area contributed by atoms with Crippen molar-refractivity contribution < 1.29 is 42.5 Å². The van der Waals surface area contributed by atoms with Gasteiger partial charge in [0.2, 0.25) is 5.88 Å². The monoisotopic (exact) mass is 800 g/mol. The average molecular weight is 801 g/mol. The fraction of sp³-hybridized carbons (Fsp3) is 0.372. The number of fused-ring (bicyclic) bond motifs is 1. The van der Waals surface area contributed by atoms with Crippen molar-refractivity contribution in [3.8, 4) is 28.9 Å². The van der Waals surface area contributed by atoms with Gasteiger partial charge in [0.05, 0.1) is 63.9 Å². The smallest absolute Gasteiger partial charge is 0.323 e. The van der Waals surface area contributed by atoms with Crippen molar-refractivity contribution in [1.29, 1.82) is 0 Å². The maximum absolute atomic E-state index is 13.5. The first-order valence-electron chi connectivity index (χ1n) is 18.6. The van der Waals surface area contributed by atoms with Crippen LogP contribution in [-0.4, -0.2) is 90.3 Å². The van der Waals surface area contributed by atoms with Gasteiger partial charge in [-0.25, -0.2) is 9.78 Å². The van der Waals surface area contributed by atoms with Crippen LogP contribution in [0.1, 0.15) is 37.7 Å². The molecule has 13 nitrogen and oxygen atoms in total. The minimum atomic E-state index is -2.75. The van der Waals surface area contributed by atoms with E-state index in [4.69, 9.17) is 38.1 Å². The van der Waals surface area contributed by atoms with E-state index in [1.54, 1.807) is 51.9 Å². The van der Waals surface area contributed by atoms with Crippen LogP contribution >= 0.6 is 7.14 Å². The molecule has 0 aliphatic heterocycles. The van der Waals surface area contributed by atoms with E-state index in [1.165, 1.54) is 7.11 Å². The molecule has 0 bridgehead atoms. The van der Waals surface area contributed by atoms with Crippen LogP contribution in [-0.2, 0) is 30.6 Å². The summed E-state index contributed by atoms with van der Waals surface area (Å²) in [5.41, 5.74) is 2.56. The van der Waals surface area contributed by atoms with Gasteiger partial charge in [0.1, 0.15) is 36.8 Å². The number of carbonyl (C=O) groups is 1. The summed E-state index contributed by atoms with van der Waals surface area (Å²) in [6.45, 7) is 12.4. The third kappa shape index (κ3) is 12.1. The molecule has 0 saturated carbocycles. The zero-order valence-electron chi connectivity index (χ0n) is 34.0. The lowest BCUT2D eigenvalue weighted by molar-refractivity contribution is 0.0179. The minimum absolute atomic E-state index is 0.260. The standard InChI is InChI=1S/C43H53N4O9P/c1-43(2,3)30-26-36(41(52-6)38(27-30)57(7,8)49)46-42(48)45-35-13-14-37(34-12-10-9-11-33(34)35)56-40-15-16-44-39(47-40)25-29-23-31(51-5)28-32(24-29)55-22-21-54-20-19-53-18-17-50-4/h9-16,23-24,26-28H,17-22,25H2,1-8H3,(H2,45,46,48). The van der Waals surface area contributed by atoms with E-state index in [9.17, 15) is 9.36 Å². The van der Waals surface area contributed by atoms with E-state index in [1.807, 2.05) is 54.6 Å². The zero-order chi connectivity index (χ0) is 41.0. The fourth-order valence-electron chi connectivity index (χ4n) is 5.93. The number of anilines is 2. The number of rotatable bonds is 19. The Bertz CT molecular complexity index is 2180. The summed E-state index contributed by atoms with van der Waals surface area (Å²) < 4.78 is 52.7. The highest BCUT2D eigenvalue weighted by Crippen LogP contribution is 2.43. The van der Waals surface area contributed by atoms with E-state index >= 15 is 0 Å². The van der Waals surface area contributed by atoms with Crippen molar-refractivity contribution in [1.82, 2.24) is 9.97 Å². The molecule has 0 atom stereocenters. The molecule has 5 rings (SSSR count). The van der Waals surface area contributed by atoms with Crippen LogP contribution in [0.2, 0.25) is 0 Å². The average Bonchev–Trinajstić information content (AvgIpc) is 3.17. The van der Waals surface area contributed by atoms with E-state index < -0.39 is 13.2 Å². The third-order valence-corrected chi connectivity index (χ3v) is 10.3. The van der Waals surface area contributed by atoms with Gasteiger partial charge in [-0.2, -0.15) is 4.98 Å². The summed E-state index contributed by atoms with van der Waals surface area (Å²) in [7, 11) is 2.00. The van der Waals surface area contributed by atoms with Crippen molar-refractivity contribution >= 4 is 40.6 Å². The third-order valence-electron chi connectivity index (χ3n) is 8.83. The molecular weight excluding hydrogens is 747 g/mol. The lowest BCUT2D eigenvalue weighted by Gasteiger charge is -2.25. The van der Waals surface area contributed by atoms with Crippen molar-refractivity contribution in [3.05, 3.63) is 95.9 Å². The molecular formula is C43H53N4O9P. The van der Waals surface area contributed by atoms with Crippen LogP contribution in [0.5, 0.6) is 28.9 Å². The van der Waals surface area contributed by atoms with Gasteiger partial charge in [-0.05, 0) is 66.3 Å². The molecule has 0 spiro atoms. The Morgan fingerprint density at radius 1 is 0.754 bits per heavy atom. The van der Waals surface area contributed by atoms with Gasteiger partial charge in [0.15, 0.2) is 5.75 Å². The number of hydrogen-bond acceptors (Lipinski definition) is 11. The molecule has 0 fully saturated rings. The number of carbonyl (C=O) groups excluding carboxylic acids is 1. The Labute approximate surface area is 334 Å². The van der Waals surface area contributed by atoms with Crippen LogP contribution in [0.25, 0.3) is 10.8 Å². The van der Waals surface area contributed by atoms with E-state index in [-0.39, 0.29) is 5.41 Å². The van der Waals surface area contributed by atoms with Crippen LogP contribution < -0.4 is 34.9 Å². The lowest BCUT2D eigenvalue weighted by Crippen LogP contribution is -2.23. The largest absolute Gasteiger partial charge is 0.497 e. The van der Waals surface area contributed by atoms with Crippen LogP contribution in [0, 0.1) is 0 Å². The van der Waals surface area contributed by atoms with Gasteiger partial charge < -0.3 is 48.4 Å². The Morgan fingerprint density at radius 3 is 2.12 bits per heavy atom. The quantitative estimate of drug-likeness (QED) is 0.0614. The molecule has 0 radical (unpaired) electrons. The van der Waals surface area contributed by atoms with Gasteiger partial charge in [-0.3, -0.25) is 0 Å². The van der Waals surface area contributed by atoms with Crippen molar-refractivity contribution in [2.45, 2.75) is 32.6 Å². The van der Waals surface area contributed by atoms with E-state index in [2.05, 4.69) is 36.4 Å². The number of benzene rings is 4. The predicted octanol–water partition coefficient (Wildman–Crippen LogP) is 8.28. The van der Waals surface area contributed by atoms with Crippen LogP contribution in [0.3, 0.4) is 0 Å². The van der Waals surface area contributed by atoms with Crippen molar-refractivity contribution in [2.75, 3.05) is 84.9 Å². The number of nitrogens with one attached hydrogen (secondary N) is 2. The number of urea groups is 1. The summed E-state index contributed by atoms with van der Waals surface area (Å²) in [5.74, 6) is 3.11. The van der Waals surface area contributed by atoms with Crippen LogP contribution in [0.4, 0.5) is 16.2 Å². The second-order valence-electron chi connectivity index (χ2n) is 14.6. The molecule has 5 aromatic rings. The predicted molar refractivity (Wildman–Crippen MR) is 224 cm³/mol. The minimum Gasteiger partial charge on any atom is -0.497 e. The Kier molecular flexibility index (Phi) is 14.9. The Hall–Kier alpha value is -5.20. The molecule has 0 saturated heterocycles. The van der Waals surface area contributed by atoms with Gasteiger partial charge >= 0.3 is 6.03 Å². The van der Waals surface area contributed by atoms with Crippen molar-refractivity contribution in [2.24, 2.45) is 0 Å². The normalized spacial score (nSPS) is 11.6. The van der Waals surface area contributed by atoms with Gasteiger partial charge in [0.25, 0.3) is 0 Å². The zero-order valence-corrected chi connectivity index (χ0v) is 34.9. The number of methoxy groups -OCH3 is 3. The Balaban J connectivity index is 1.28. The number of nitrogens with zero attached hydrogens (tertiary/aromatic N) is 2. The maximum Gasteiger partial charge on any atom is 0.323 e. The molecule has 14 heteroatoms. The maximum atomic E-state index is 13.5. The van der Waals surface area contributed by atoms with E-state index in [0.717, 1.165) is 21.9 Å². The highest BCUT2D eigenvalue weighted by atomic mass is 31.2. The molecule has 304 valence electrons. The van der Waals surface area contributed by atoms with Crippen molar-refractivity contribution in [3.63, 3.8) is 0 Å². The highest BCUT2D eigenvalue weighted by molar-refractivity contribution is 7.70. The second-order valence-corrected chi connectivity index (χ2v) is 17.8. The Morgan fingerprint density at radius 2 is 1.44 bits per heavy atom. The molecule has 2 amide bonds. The fourth-order valence-corrected chi connectivity index (χ4v) is 7.08. The summed E-state index contributed by atoms with van der Waals surface area (Å²) in [6.07, 6.45) is 2.05. The first-order valence-corrected chi connectivity index (χ1v) is 21.2. The molecule has 0 unspecified atom stereocenters. The molecule has 1 heterocycles. The summed E-state index contributed by atoms with van der Waals surface area (Å²) >= 11 is 0. The van der Waals surface area contributed by atoms with Gasteiger partial charge in [-0.15, -0.1) is 0 Å². The molecule has 4 aromatic carbocycles. The molecule has 2 N–H and O–H groups in total. The first-order chi connectivity index (χ1) is 27.3. The SMILES string of the molecule is COCCOCCOCCOc1cc(Cc2nccc(Oc3ccc(NC(=O)Nc4cc(C(C)(C)C)cc(P(C)(C)=O)c4OC)c4ccccc34)n2)cc(OC)c1. The summed E-state index contributed by atoms with van der Waals surface area (Å²) in [6, 6.07) is 21.8. The number of aromatic nitrogens is 2. The van der Waals surface area contributed by atoms with Crippen LogP contribution in [0.15, 0.2) is 79.0 Å². The highest BCUT2D eigenvalue weighted by Gasteiger charge is 2.26. The molecule has 0 aliphatic carbocycles. The second kappa shape index (κ2) is 19.8. The first kappa shape index (κ1) is 42.9. The van der Waals surface area contributed by atoms with Gasteiger partial charge in [-0.1, -0.05) is 45.0 Å². The molecule has 57 heavy (non-hydrogen) atoms. The summed E-state index contributed by atoms with van der Waals surface area (Å²) in [5, 5.41) is 8.02. The topological polar surface area (TPSA) is 149 Å². The lowest BCUT2D eigenvalue weighted by atomic mass is 9.86. The molecule has 1 aromatic heterocycles. The molecule has 0 aliphatic rings. The number of ether oxygens (including phenoxy) is 7.